The highest BCUT2D eigenvalue weighted by Gasteiger charge is 2.39. The van der Waals surface area contributed by atoms with Crippen LogP contribution < -0.4 is 27.4 Å². The third-order valence-corrected chi connectivity index (χ3v) is 10.2. The van der Waals surface area contributed by atoms with Gasteiger partial charge in [0.25, 0.3) is 0 Å². The molecule has 49 heavy (non-hydrogen) atoms. The average molecular weight is 699 g/mol. The molecular weight excluding hydrogens is 632 g/mol. The molecular formula is C35H66N6O8. The van der Waals surface area contributed by atoms with Gasteiger partial charge in [0.05, 0.1) is 18.1 Å². The number of nitrogens with two attached hydrogens (primary N) is 2. The van der Waals surface area contributed by atoms with Crippen LogP contribution in [0.1, 0.15) is 112 Å². The largest absolute Gasteiger partial charge is 0.461 e. The Bertz CT molecular complexity index is 1040. The van der Waals surface area contributed by atoms with Gasteiger partial charge in [0.2, 0.25) is 23.6 Å². The first-order valence-electron chi connectivity index (χ1n) is 18.2. The van der Waals surface area contributed by atoms with E-state index in [2.05, 4.69) is 22.9 Å². The van der Waals surface area contributed by atoms with Gasteiger partial charge in [-0.1, -0.05) is 86.0 Å². The van der Waals surface area contributed by atoms with Crippen molar-refractivity contribution in [3.05, 3.63) is 0 Å². The zero-order valence-electron chi connectivity index (χ0n) is 30.9. The van der Waals surface area contributed by atoms with Crippen LogP contribution in [0.15, 0.2) is 0 Å². The molecule has 1 aliphatic rings. The van der Waals surface area contributed by atoms with Gasteiger partial charge >= 0.3 is 5.97 Å². The van der Waals surface area contributed by atoms with Crippen molar-refractivity contribution in [2.45, 2.75) is 149 Å². The number of hydrogen-bond acceptors (Lipinski definition) is 10. The molecule has 0 aliphatic heterocycles. The number of rotatable bonds is 24. The van der Waals surface area contributed by atoms with Crippen molar-refractivity contribution in [1.82, 2.24) is 20.9 Å². The molecule has 0 spiro atoms. The van der Waals surface area contributed by atoms with E-state index in [1.807, 2.05) is 13.8 Å². The average Bonchev–Trinajstić information content (AvgIpc) is 3.59. The lowest BCUT2D eigenvalue weighted by Crippen LogP contribution is -2.60. The molecule has 0 heterocycles. The molecule has 0 bridgehead atoms. The number of nitrogens with zero attached hydrogens (tertiary/aromatic N) is 1. The summed E-state index contributed by atoms with van der Waals surface area (Å²) in [6, 6.07) is -2.86. The first kappa shape index (κ1) is 44.2. The Morgan fingerprint density at radius 1 is 0.918 bits per heavy atom. The third kappa shape index (κ3) is 14.9. The Balaban J connectivity index is 3.24. The zero-order chi connectivity index (χ0) is 37.3. The van der Waals surface area contributed by atoms with E-state index in [9.17, 15) is 34.2 Å². The molecule has 4 amide bonds. The van der Waals surface area contributed by atoms with E-state index in [1.165, 1.54) is 6.92 Å². The molecule has 0 aromatic carbocycles. The van der Waals surface area contributed by atoms with Gasteiger partial charge in [-0.15, -0.1) is 0 Å². The number of carbonyl (C=O) groups is 5. The fourth-order valence-corrected chi connectivity index (χ4v) is 6.18. The summed E-state index contributed by atoms with van der Waals surface area (Å²) >= 11 is 0. The molecule has 1 saturated carbocycles. The lowest BCUT2D eigenvalue weighted by molar-refractivity contribution is -0.161. The summed E-state index contributed by atoms with van der Waals surface area (Å²) in [5.74, 6) is -4.26. The zero-order valence-corrected chi connectivity index (χ0v) is 30.9. The van der Waals surface area contributed by atoms with Crippen LogP contribution in [0.2, 0.25) is 0 Å². The second-order valence-corrected chi connectivity index (χ2v) is 14.0. The summed E-state index contributed by atoms with van der Waals surface area (Å²) in [4.78, 5) is 65.9. The van der Waals surface area contributed by atoms with E-state index in [1.54, 1.807) is 25.8 Å². The Morgan fingerprint density at radius 2 is 1.55 bits per heavy atom. The van der Waals surface area contributed by atoms with Gasteiger partial charge in [-0.3, -0.25) is 28.9 Å². The summed E-state index contributed by atoms with van der Waals surface area (Å²) < 4.78 is 5.83. The topological polar surface area (TPSA) is 226 Å². The summed E-state index contributed by atoms with van der Waals surface area (Å²) in [6.07, 6.45) is 6.42. The Kier molecular flexibility index (Phi) is 20.6. The van der Waals surface area contributed by atoms with E-state index >= 15 is 0 Å². The third-order valence-electron chi connectivity index (χ3n) is 10.2. The van der Waals surface area contributed by atoms with E-state index in [-0.39, 0.29) is 24.9 Å². The summed E-state index contributed by atoms with van der Waals surface area (Å²) in [5.41, 5.74) is 11.0. The molecule has 14 heteroatoms. The van der Waals surface area contributed by atoms with Gasteiger partial charge in [-0.25, -0.2) is 0 Å². The lowest BCUT2D eigenvalue weighted by atomic mass is 9.92. The van der Waals surface area contributed by atoms with E-state index in [0.29, 0.717) is 19.3 Å². The number of hydrogen-bond donors (Lipinski definition) is 7. The van der Waals surface area contributed by atoms with Gasteiger partial charge in [0, 0.05) is 12.5 Å². The van der Waals surface area contributed by atoms with Crippen molar-refractivity contribution in [2.24, 2.45) is 35.1 Å². The fraction of sp³-hybridized carbons (Fsp3) is 0.857. The number of aliphatic hydroxyl groups excluding tert-OH is 2. The highest BCUT2D eigenvalue weighted by atomic mass is 16.5. The van der Waals surface area contributed by atoms with Gasteiger partial charge in [-0.2, -0.15) is 0 Å². The Hall–Kier alpha value is -2.81. The molecule has 9 N–H and O–H groups in total. The molecule has 0 aromatic heterocycles. The van der Waals surface area contributed by atoms with Crippen LogP contribution in [-0.2, 0) is 28.7 Å². The Labute approximate surface area is 293 Å². The predicted molar refractivity (Wildman–Crippen MR) is 187 cm³/mol. The molecule has 284 valence electrons. The van der Waals surface area contributed by atoms with Crippen LogP contribution in [0.5, 0.6) is 0 Å². The van der Waals surface area contributed by atoms with Crippen LogP contribution in [-0.4, -0.2) is 101 Å². The number of carbonyl (C=O) groups excluding carboxylic acids is 5. The van der Waals surface area contributed by atoms with E-state index in [4.69, 9.17) is 16.2 Å². The van der Waals surface area contributed by atoms with Crippen molar-refractivity contribution >= 4 is 29.6 Å². The van der Waals surface area contributed by atoms with Crippen molar-refractivity contribution in [3.8, 4) is 0 Å². The second kappa shape index (κ2) is 22.8. The highest BCUT2D eigenvalue weighted by molar-refractivity contribution is 5.93. The predicted octanol–water partition coefficient (Wildman–Crippen LogP) is 1.30. The molecule has 9 atom stereocenters. The minimum atomic E-state index is -1.20. The number of likely N-dealkylation sites (N-methyl/N-ethyl adjacent to an activating group) is 1. The maximum Gasteiger partial charge on any atom is 0.325 e. The maximum absolute atomic E-state index is 14.1. The number of primary amides is 1. The van der Waals surface area contributed by atoms with Crippen LogP contribution in [0, 0.1) is 23.7 Å². The monoisotopic (exact) mass is 698 g/mol. The van der Waals surface area contributed by atoms with Gasteiger partial charge in [0.15, 0.2) is 0 Å². The normalized spacial score (nSPS) is 19.1. The maximum atomic E-state index is 14.1. The number of ether oxygens (including phenoxy) is 1. The standard InChI is InChI=1S/C35H66N6O8/c1-8-10-11-12-17-28(49-29(43)20-38-32(45)22(4)24(6)42)23(5)35(48)41(7)27(18-25-15-13-14-16-25)33(46)40-30(21(3)9-2)34(47)39-26(19-36)31(37)44/h21-28,30,35,42,48H,8-20,36H2,1-7H3,(H2,37,44)(H,38,45)(H,39,47)(H,40,46)/t21-,22+,23-,24+,26+,27+,28-,30+,35?/m1/s1. The Morgan fingerprint density at radius 3 is 2.08 bits per heavy atom. The molecule has 14 nitrogen and oxygen atoms in total. The summed E-state index contributed by atoms with van der Waals surface area (Å²) in [7, 11) is 1.66. The van der Waals surface area contributed by atoms with Crippen molar-refractivity contribution in [3.63, 3.8) is 0 Å². The van der Waals surface area contributed by atoms with E-state index < -0.39 is 78.0 Å². The second-order valence-electron chi connectivity index (χ2n) is 14.0. The number of unbranched alkanes of at least 4 members (excludes halogenated alkanes) is 3. The van der Waals surface area contributed by atoms with Crippen molar-refractivity contribution in [1.29, 1.82) is 0 Å². The van der Waals surface area contributed by atoms with Crippen LogP contribution in [0.25, 0.3) is 0 Å². The molecule has 1 rings (SSSR count). The van der Waals surface area contributed by atoms with Gasteiger partial charge in [-0.05, 0) is 45.1 Å². The minimum absolute atomic E-state index is 0.184. The highest BCUT2D eigenvalue weighted by Crippen LogP contribution is 2.31. The van der Waals surface area contributed by atoms with Crippen LogP contribution >= 0.6 is 0 Å². The number of amides is 4. The first-order chi connectivity index (χ1) is 23.1. The SMILES string of the molecule is CCCCCC[C@@H](OC(=O)CNC(=O)[C@@H](C)[C@H](C)O)[C@@H](C)C(O)N(C)[C@@H](CC1CCCC1)C(=O)N[C@H](C(=O)N[C@@H](CN)C(N)=O)[C@H](C)CC. The summed E-state index contributed by atoms with van der Waals surface area (Å²) in [6.45, 7) is 10.1. The first-order valence-corrected chi connectivity index (χ1v) is 18.2. The fourth-order valence-electron chi connectivity index (χ4n) is 6.18. The molecule has 1 aliphatic carbocycles. The molecule has 0 aromatic rings. The lowest BCUT2D eigenvalue weighted by Gasteiger charge is -2.38. The van der Waals surface area contributed by atoms with Crippen LogP contribution in [0.4, 0.5) is 0 Å². The quantitative estimate of drug-likeness (QED) is 0.0434. The molecule has 0 radical (unpaired) electrons. The number of esters is 1. The van der Waals surface area contributed by atoms with E-state index in [0.717, 1.165) is 51.4 Å². The minimum Gasteiger partial charge on any atom is -0.461 e. The van der Waals surface area contributed by atoms with Crippen molar-refractivity contribution in [2.75, 3.05) is 20.1 Å². The molecule has 1 unspecified atom stereocenters. The molecule has 1 fully saturated rings. The molecule has 0 saturated heterocycles. The van der Waals surface area contributed by atoms with Gasteiger partial charge in [0.1, 0.15) is 31.0 Å². The van der Waals surface area contributed by atoms with Gasteiger partial charge < -0.3 is 42.4 Å². The number of nitrogens with one attached hydrogen (secondary N) is 3. The number of aliphatic hydroxyl groups is 2. The smallest absolute Gasteiger partial charge is 0.325 e. The van der Waals surface area contributed by atoms with Crippen LogP contribution in [0.3, 0.4) is 0 Å². The summed E-state index contributed by atoms with van der Waals surface area (Å²) in [5, 5.41) is 29.4. The van der Waals surface area contributed by atoms with Crippen molar-refractivity contribution < 1.29 is 38.9 Å².